The van der Waals surface area contributed by atoms with Crippen molar-refractivity contribution in [2.45, 2.75) is 44.7 Å². The fourth-order valence-corrected chi connectivity index (χ4v) is 4.61. The van der Waals surface area contributed by atoms with Gasteiger partial charge in [-0.25, -0.2) is 9.37 Å². The van der Waals surface area contributed by atoms with Gasteiger partial charge in [-0.1, -0.05) is 25.8 Å². The molecule has 2 unspecified atom stereocenters. The number of nitrogens with one attached hydrogen (secondary N) is 1. The van der Waals surface area contributed by atoms with Crippen molar-refractivity contribution in [1.82, 2.24) is 14.9 Å². The second kappa shape index (κ2) is 8.38. The number of aromatic nitrogens is 2. The number of amides is 1. The van der Waals surface area contributed by atoms with Gasteiger partial charge in [0.15, 0.2) is 5.82 Å². The lowest BCUT2D eigenvalue weighted by Gasteiger charge is -2.35. The van der Waals surface area contributed by atoms with Crippen LogP contribution < -0.4 is 5.73 Å². The van der Waals surface area contributed by atoms with Crippen LogP contribution in [0, 0.1) is 17.7 Å². The van der Waals surface area contributed by atoms with Crippen molar-refractivity contribution in [2.24, 2.45) is 17.6 Å². The first-order chi connectivity index (χ1) is 14.0. The van der Waals surface area contributed by atoms with Crippen molar-refractivity contribution in [3.8, 4) is 0 Å². The summed E-state index contributed by atoms with van der Waals surface area (Å²) in [5, 5.41) is 9.24. The van der Waals surface area contributed by atoms with E-state index >= 15 is 4.39 Å². The Bertz CT molecular complexity index is 878. The molecule has 0 bridgehead atoms. The number of nitrogens with two attached hydrogens (primary N) is 1. The molecule has 1 aliphatic heterocycles. The summed E-state index contributed by atoms with van der Waals surface area (Å²) in [6, 6.07) is 2.60. The number of fused-ring (bicyclic) bond motifs is 1. The van der Waals surface area contributed by atoms with Crippen molar-refractivity contribution in [1.29, 1.82) is 0 Å². The molecule has 2 aliphatic rings. The van der Waals surface area contributed by atoms with E-state index in [2.05, 4.69) is 16.9 Å². The lowest BCUT2D eigenvalue weighted by molar-refractivity contribution is -0.143. The molecule has 2 aromatic rings. The first-order valence-corrected chi connectivity index (χ1v) is 10.4. The minimum atomic E-state index is -0.609. The van der Waals surface area contributed by atoms with Crippen LogP contribution in [0.3, 0.4) is 0 Å². The fourth-order valence-electron chi connectivity index (χ4n) is 4.61. The molecular weight excluding hydrogens is 375 g/mol. The van der Waals surface area contributed by atoms with Gasteiger partial charge < -0.3 is 25.5 Å². The number of benzene rings is 1. The summed E-state index contributed by atoms with van der Waals surface area (Å²) in [4.78, 5) is 21.2. The van der Waals surface area contributed by atoms with Crippen molar-refractivity contribution < 1.29 is 19.0 Å². The molecule has 1 aromatic heterocycles. The number of imidazole rings is 1. The SMILES string of the molecule is CC1CCC(C(N)c2nc3c(F)c(C4COCCN4C(=O)CO)ccc3[nH]2)CC1. The highest BCUT2D eigenvalue weighted by Crippen LogP contribution is 2.36. The Kier molecular flexibility index (Phi) is 5.85. The van der Waals surface area contributed by atoms with Gasteiger partial charge in [0.2, 0.25) is 5.91 Å². The van der Waals surface area contributed by atoms with Gasteiger partial charge in [0, 0.05) is 12.1 Å². The second-order valence-electron chi connectivity index (χ2n) is 8.37. The zero-order chi connectivity index (χ0) is 20.5. The minimum Gasteiger partial charge on any atom is -0.387 e. The first kappa shape index (κ1) is 20.3. The Morgan fingerprint density at radius 3 is 2.90 bits per heavy atom. The van der Waals surface area contributed by atoms with Crippen LogP contribution in [-0.2, 0) is 9.53 Å². The van der Waals surface area contributed by atoms with Gasteiger partial charge >= 0.3 is 0 Å². The normalized spacial score (nSPS) is 26.6. The minimum absolute atomic E-state index is 0.186. The van der Waals surface area contributed by atoms with Crippen LogP contribution in [0.15, 0.2) is 12.1 Å². The molecule has 1 aliphatic carbocycles. The Balaban J connectivity index is 1.63. The van der Waals surface area contributed by atoms with Crippen molar-refractivity contribution in [3.63, 3.8) is 0 Å². The number of rotatable bonds is 4. The van der Waals surface area contributed by atoms with E-state index in [0.29, 0.717) is 36.0 Å². The lowest BCUT2D eigenvalue weighted by Crippen LogP contribution is -2.44. The molecule has 4 rings (SSSR count). The molecule has 1 aromatic carbocycles. The Morgan fingerprint density at radius 1 is 1.41 bits per heavy atom. The number of carbonyl (C=O) groups excluding carboxylic acids is 1. The van der Waals surface area contributed by atoms with Crippen LogP contribution in [0.5, 0.6) is 0 Å². The highest BCUT2D eigenvalue weighted by atomic mass is 19.1. The predicted molar refractivity (Wildman–Crippen MR) is 106 cm³/mol. The summed E-state index contributed by atoms with van der Waals surface area (Å²) >= 11 is 0. The van der Waals surface area contributed by atoms with Gasteiger partial charge in [-0.3, -0.25) is 4.79 Å². The van der Waals surface area contributed by atoms with Crippen LogP contribution >= 0.6 is 0 Å². The number of H-pyrrole nitrogens is 1. The van der Waals surface area contributed by atoms with Gasteiger partial charge in [-0.2, -0.15) is 0 Å². The predicted octanol–water partition coefficient (Wildman–Crippen LogP) is 2.42. The third kappa shape index (κ3) is 3.89. The van der Waals surface area contributed by atoms with Crippen LogP contribution in [0.1, 0.15) is 56.1 Å². The van der Waals surface area contributed by atoms with E-state index in [0.717, 1.165) is 31.6 Å². The molecule has 1 saturated carbocycles. The van der Waals surface area contributed by atoms with E-state index in [9.17, 15) is 9.90 Å². The standard InChI is InChI=1S/C21H29FN4O3/c1-12-2-4-13(5-3-12)19(23)21-24-15-7-6-14(18(22)20(15)25-21)16-11-29-9-8-26(16)17(28)10-27/h6-7,12-13,16,19,27H,2-5,8-11,23H2,1H3,(H,24,25). The van der Waals surface area contributed by atoms with E-state index < -0.39 is 24.4 Å². The maximum atomic E-state index is 15.4. The van der Waals surface area contributed by atoms with Crippen LogP contribution in [0.25, 0.3) is 11.0 Å². The van der Waals surface area contributed by atoms with Crippen molar-refractivity contribution >= 4 is 16.9 Å². The molecule has 7 nitrogen and oxygen atoms in total. The van der Waals surface area contributed by atoms with E-state index in [1.807, 2.05) is 0 Å². The Morgan fingerprint density at radius 2 is 2.17 bits per heavy atom. The molecule has 2 heterocycles. The number of hydrogen-bond acceptors (Lipinski definition) is 5. The zero-order valence-electron chi connectivity index (χ0n) is 16.7. The number of nitrogens with zero attached hydrogens (tertiary/aromatic N) is 2. The molecular formula is C21H29FN4O3. The average molecular weight is 404 g/mol. The largest absolute Gasteiger partial charge is 0.387 e. The third-order valence-corrected chi connectivity index (χ3v) is 6.47. The number of aliphatic hydroxyl groups excluding tert-OH is 1. The first-order valence-electron chi connectivity index (χ1n) is 10.4. The third-order valence-electron chi connectivity index (χ3n) is 6.47. The monoisotopic (exact) mass is 404 g/mol. The lowest BCUT2D eigenvalue weighted by atomic mass is 9.79. The van der Waals surface area contributed by atoms with Gasteiger partial charge in [0.25, 0.3) is 0 Å². The number of ether oxygens (including phenoxy) is 1. The average Bonchev–Trinajstić information content (AvgIpc) is 3.19. The molecule has 2 fully saturated rings. The number of aliphatic hydroxyl groups is 1. The van der Waals surface area contributed by atoms with E-state index in [1.165, 1.54) is 4.90 Å². The Hall–Kier alpha value is -2.03. The molecule has 2 atom stereocenters. The number of morpholine rings is 1. The number of aromatic amines is 1. The summed E-state index contributed by atoms with van der Waals surface area (Å²) in [6.45, 7) is 2.53. The van der Waals surface area contributed by atoms with E-state index in [4.69, 9.17) is 10.5 Å². The molecule has 1 saturated heterocycles. The van der Waals surface area contributed by atoms with E-state index in [1.54, 1.807) is 12.1 Å². The maximum absolute atomic E-state index is 15.4. The molecule has 0 radical (unpaired) electrons. The summed E-state index contributed by atoms with van der Waals surface area (Å²) in [5.74, 6) is 0.781. The zero-order valence-corrected chi connectivity index (χ0v) is 16.7. The van der Waals surface area contributed by atoms with Gasteiger partial charge in [-0.15, -0.1) is 0 Å². The second-order valence-corrected chi connectivity index (χ2v) is 8.37. The van der Waals surface area contributed by atoms with Crippen LogP contribution in [0.4, 0.5) is 4.39 Å². The van der Waals surface area contributed by atoms with Gasteiger partial charge in [0.1, 0.15) is 17.9 Å². The van der Waals surface area contributed by atoms with Gasteiger partial charge in [-0.05, 0) is 30.7 Å². The maximum Gasteiger partial charge on any atom is 0.248 e. The fraction of sp³-hybridized carbons (Fsp3) is 0.619. The van der Waals surface area contributed by atoms with Gasteiger partial charge in [0.05, 0.1) is 30.8 Å². The summed E-state index contributed by atoms with van der Waals surface area (Å²) < 4.78 is 20.9. The summed E-state index contributed by atoms with van der Waals surface area (Å²) in [7, 11) is 0. The van der Waals surface area contributed by atoms with Crippen LogP contribution in [-0.4, -0.2) is 52.2 Å². The molecule has 29 heavy (non-hydrogen) atoms. The quantitative estimate of drug-likeness (QED) is 0.726. The summed E-state index contributed by atoms with van der Waals surface area (Å²) in [5.41, 5.74) is 7.65. The number of hydrogen-bond donors (Lipinski definition) is 3. The van der Waals surface area contributed by atoms with Crippen molar-refractivity contribution in [2.75, 3.05) is 26.4 Å². The topological polar surface area (TPSA) is 104 Å². The molecule has 1 amide bonds. The number of carbonyl (C=O) groups is 1. The Labute approximate surface area is 169 Å². The number of halogens is 1. The molecule has 4 N–H and O–H groups in total. The van der Waals surface area contributed by atoms with Crippen LogP contribution in [0.2, 0.25) is 0 Å². The summed E-state index contributed by atoms with van der Waals surface area (Å²) in [6.07, 6.45) is 4.44. The highest BCUT2D eigenvalue weighted by molar-refractivity contribution is 5.79. The smallest absolute Gasteiger partial charge is 0.248 e. The molecule has 8 heteroatoms. The molecule has 0 spiro atoms. The van der Waals surface area contributed by atoms with E-state index in [-0.39, 0.29) is 18.2 Å². The highest BCUT2D eigenvalue weighted by Gasteiger charge is 2.32. The molecule has 158 valence electrons. The van der Waals surface area contributed by atoms with Crippen molar-refractivity contribution in [3.05, 3.63) is 29.3 Å².